The number of rotatable bonds is 9. The number of hydrogen-bond donors (Lipinski definition) is 1. The zero-order valence-corrected chi connectivity index (χ0v) is 13.7. The summed E-state index contributed by atoms with van der Waals surface area (Å²) in [7, 11) is 0. The van der Waals surface area contributed by atoms with Crippen LogP contribution in [0.15, 0.2) is 0 Å². The first-order valence-corrected chi connectivity index (χ1v) is 7.59. The van der Waals surface area contributed by atoms with Gasteiger partial charge >= 0.3 is 0 Å². The zero-order chi connectivity index (χ0) is 14.2. The minimum atomic E-state index is 0.328. The molecule has 1 N–H and O–H groups in total. The maximum absolute atomic E-state index is 5.77. The van der Waals surface area contributed by atoms with Crippen molar-refractivity contribution in [1.82, 2.24) is 5.32 Å². The Morgan fingerprint density at radius 1 is 1.11 bits per heavy atom. The van der Waals surface area contributed by atoms with E-state index in [2.05, 4.69) is 53.8 Å². The lowest BCUT2D eigenvalue weighted by atomic mass is 9.83. The summed E-state index contributed by atoms with van der Waals surface area (Å²) in [6, 6.07) is 0.504. The molecular formula is C16H35NO. The molecule has 0 aliphatic heterocycles. The second kappa shape index (κ2) is 8.92. The van der Waals surface area contributed by atoms with Crippen LogP contribution in [-0.2, 0) is 4.74 Å². The van der Waals surface area contributed by atoms with E-state index < -0.39 is 0 Å². The highest BCUT2D eigenvalue weighted by molar-refractivity contribution is 4.74. The molecule has 0 aromatic heterocycles. The summed E-state index contributed by atoms with van der Waals surface area (Å²) >= 11 is 0. The molecule has 0 spiro atoms. The fourth-order valence-corrected chi connectivity index (χ4v) is 2.48. The lowest BCUT2D eigenvalue weighted by Crippen LogP contribution is -2.36. The van der Waals surface area contributed by atoms with Gasteiger partial charge in [-0.05, 0) is 51.0 Å². The Bertz CT molecular complexity index is 196. The van der Waals surface area contributed by atoms with Crippen molar-refractivity contribution < 1.29 is 4.74 Å². The Morgan fingerprint density at radius 2 is 1.72 bits per heavy atom. The van der Waals surface area contributed by atoms with Gasteiger partial charge < -0.3 is 10.1 Å². The van der Waals surface area contributed by atoms with Crippen molar-refractivity contribution in [1.29, 1.82) is 0 Å². The third-order valence-electron chi connectivity index (χ3n) is 2.96. The van der Waals surface area contributed by atoms with Crippen molar-refractivity contribution in [3.8, 4) is 0 Å². The van der Waals surface area contributed by atoms with E-state index in [0.29, 0.717) is 17.6 Å². The fourth-order valence-electron chi connectivity index (χ4n) is 2.48. The molecule has 2 heteroatoms. The van der Waals surface area contributed by atoms with E-state index in [1.54, 1.807) is 0 Å². The van der Waals surface area contributed by atoms with Crippen LogP contribution in [-0.4, -0.2) is 25.3 Å². The van der Waals surface area contributed by atoms with Gasteiger partial charge in [-0.1, -0.05) is 34.6 Å². The minimum absolute atomic E-state index is 0.328. The predicted octanol–water partition coefficient (Wildman–Crippen LogP) is 4.24. The molecule has 0 fully saturated rings. The fraction of sp³-hybridized carbons (Fsp3) is 1.00. The highest BCUT2D eigenvalue weighted by atomic mass is 16.5. The van der Waals surface area contributed by atoms with Crippen molar-refractivity contribution in [2.45, 2.75) is 79.9 Å². The van der Waals surface area contributed by atoms with Crippen molar-refractivity contribution in [2.75, 3.05) is 13.2 Å². The monoisotopic (exact) mass is 257 g/mol. The molecule has 0 saturated heterocycles. The minimum Gasteiger partial charge on any atom is -0.377 e. The van der Waals surface area contributed by atoms with Crippen LogP contribution in [0.1, 0.15) is 67.7 Å². The summed E-state index contributed by atoms with van der Waals surface area (Å²) in [5.41, 5.74) is 0.424. The summed E-state index contributed by atoms with van der Waals surface area (Å²) in [6.45, 7) is 17.7. The topological polar surface area (TPSA) is 21.3 Å². The molecule has 0 heterocycles. The standard InChI is InChI=1S/C16H35NO/c1-8-9-17-15(12-18-13(2)3)10-14(4)11-16(5,6)7/h13-15,17H,8-12H2,1-7H3. The van der Waals surface area contributed by atoms with E-state index in [-0.39, 0.29) is 0 Å². The maximum Gasteiger partial charge on any atom is 0.0623 e. The molecule has 110 valence electrons. The molecule has 2 unspecified atom stereocenters. The van der Waals surface area contributed by atoms with Gasteiger partial charge in [0, 0.05) is 6.04 Å². The third-order valence-corrected chi connectivity index (χ3v) is 2.96. The van der Waals surface area contributed by atoms with Crippen LogP contribution in [0.5, 0.6) is 0 Å². The van der Waals surface area contributed by atoms with Gasteiger partial charge in [0.15, 0.2) is 0 Å². The van der Waals surface area contributed by atoms with Crippen LogP contribution in [0, 0.1) is 11.3 Å². The molecule has 0 radical (unpaired) electrons. The summed E-state index contributed by atoms with van der Waals surface area (Å²) < 4.78 is 5.77. The van der Waals surface area contributed by atoms with Crippen molar-refractivity contribution in [3.63, 3.8) is 0 Å². The summed E-state index contributed by atoms with van der Waals surface area (Å²) in [4.78, 5) is 0. The number of nitrogens with one attached hydrogen (secondary N) is 1. The van der Waals surface area contributed by atoms with Gasteiger partial charge in [0.05, 0.1) is 12.7 Å². The second-order valence-electron chi connectivity index (χ2n) is 7.14. The van der Waals surface area contributed by atoms with Crippen LogP contribution in [0.2, 0.25) is 0 Å². The lowest BCUT2D eigenvalue weighted by Gasteiger charge is -2.27. The smallest absolute Gasteiger partial charge is 0.0623 e. The van der Waals surface area contributed by atoms with E-state index in [1.165, 1.54) is 19.3 Å². The quantitative estimate of drug-likeness (QED) is 0.667. The van der Waals surface area contributed by atoms with Crippen LogP contribution in [0.25, 0.3) is 0 Å². The maximum atomic E-state index is 5.77. The Hall–Kier alpha value is -0.0800. The second-order valence-corrected chi connectivity index (χ2v) is 7.14. The molecule has 18 heavy (non-hydrogen) atoms. The van der Waals surface area contributed by atoms with E-state index in [0.717, 1.165) is 19.1 Å². The highest BCUT2D eigenvalue weighted by Gasteiger charge is 2.19. The Labute approximate surface area is 115 Å². The molecule has 0 aliphatic rings. The van der Waals surface area contributed by atoms with E-state index in [4.69, 9.17) is 4.74 Å². The zero-order valence-electron chi connectivity index (χ0n) is 13.7. The molecule has 0 aliphatic carbocycles. The van der Waals surface area contributed by atoms with Crippen molar-refractivity contribution in [3.05, 3.63) is 0 Å². The highest BCUT2D eigenvalue weighted by Crippen LogP contribution is 2.26. The van der Waals surface area contributed by atoms with Crippen LogP contribution >= 0.6 is 0 Å². The average Bonchev–Trinajstić information content (AvgIpc) is 2.19. The average molecular weight is 257 g/mol. The van der Waals surface area contributed by atoms with Gasteiger partial charge in [0.1, 0.15) is 0 Å². The molecule has 0 amide bonds. The first kappa shape index (κ1) is 17.9. The first-order valence-electron chi connectivity index (χ1n) is 7.59. The van der Waals surface area contributed by atoms with Gasteiger partial charge in [0.2, 0.25) is 0 Å². The molecule has 2 atom stereocenters. The van der Waals surface area contributed by atoms with Gasteiger partial charge in [0.25, 0.3) is 0 Å². The molecule has 0 saturated carbocycles. The van der Waals surface area contributed by atoms with Crippen LogP contribution in [0.4, 0.5) is 0 Å². The molecule has 2 nitrogen and oxygen atoms in total. The van der Waals surface area contributed by atoms with Gasteiger partial charge in [-0.25, -0.2) is 0 Å². The van der Waals surface area contributed by atoms with E-state index in [9.17, 15) is 0 Å². The molecule has 0 bridgehead atoms. The Balaban J connectivity index is 4.12. The summed E-state index contributed by atoms with van der Waals surface area (Å²) in [5.74, 6) is 0.745. The first-order chi connectivity index (χ1) is 8.24. The van der Waals surface area contributed by atoms with Crippen LogP contribution < -0.4 is 5.32 Å². The predicted molar refractivity (Wildman–Crippen MR) is 81.0 cm³/mol. The number of ether oxygens (including phenoxy) is 1. The van der Waals surface area contributed by atoms with Crippen molar-refractivity contribution >= 4 is 0 Å². The molecule has 0 aromatic rings. The normalized spacial score (nSPS) is 16.0. The summed E-state index contributed by atoms with van der Waals surface area (Å²) in [5, 5.41) is 3.62. The van der Waals surface area contributed by atoms with Crippen LogP contribution in [0.3, 0.4) is 0 Å². The van der Waals surface area contributed by atoms with E-state index in [1.807, 2.05) is 0 Å². The third kappa shape index (κ3) is 11.0. The van der Waals surface area contributed by atoms with Gasteiger partial charge in [-0.15, -0.1) is 0 Å². The van der Waals surface area contributed by atoms with Gasteiger partial charge in [-0.2, -0.15) is 0 Å². The largest absolute Gasteiger partial charge is 0.377 e. The molecule has 0 aromatic carbocycles. The molecule has 0 rings (SSSR count). The van der Waals surface area contributed by atoms with E-state index >= 15 is 0 Å². The Kier molecular flexibility index (Phi) is 8.89. The van der Waals surface area contributed by atoms with Gasteiger partial charge in [-0.3, -0.25) is 0 Å². The Morgan fingerprint density at radius 3 is 2.17 bits per heavy atom. The SMILES string of the molecule is CCCNC(COC(C)C)CC(C)CC(C)(C)C. The number of hydrogen-bond acceptors (Lipinski definition) is 2. The summed E-state index contributed by atoms with van der Waals surface area (Å²) in [6.07, 6.45) is 4.00. The molecular weight excluding hydrogens is 222 g/mol. The van der Waals surface area contributed by atoms with Crippen molar-refractivity contribution in [2.24, 2.45) is 11.3 Å². The lowest BCUT2D eigenvalue weighted by molar-refractivity contribution is 0.0550.